The van der Waals surface area contributed by atoms with E-state index in [0.717, 1.165) is 49.6 Å². The molecule has 2 rings (SSSR count). The molecule has 5 nitrogen and oxygen atoms in total. The lowest BCUT2D eigenvalue weighted by Crippen LogP contribution is -2.46. The molecular weight excluding hydrogens is 350 g/mol. The zero-order valence-electron chi connectivity index (χ0n) is 16.3. The predicted molar refractivity (Wildman–Crippen MR) is 112 cm³/mol. The number of hydrogen-bond donors (Lipinski definition) is 2. The quantitative estimate of drug-likeness (QED) is 0.560. The van der Waals surface area contributed by atoms with Gasteiger partial charge in [0, 0.05) is 36.8 Å². The molecule has 2 N–H and O–H groups in total. The van der Waals surface area contributed by atoms with Crippen LogP contribution in [0.15, 0.2) is 10.4 Å². The Balaban J connectivity index is 1.67. The summed E-state index contributed by atoms with van der Waals surface area (Å²) < 4.78 is 0.219. The molecule has 7 heteroatoms. The molecule has 0 bridgehead atoms. The number of nitrogens with one attached hydrogen (secondary N) is 2. The first-order chi connectivity index (χ1) is 11.9. The highest BCUT2D eigenvalue weighted by molar-refractivity contribution is 7.99. The number of aromatic nitrogens is 1. The summed E-state index contributed by atoms with van der Waals surface area (Å²) in [7, 11) is 1.85. The molecule has 1 aromatic heterocycles. The van der Waals surface area contributed by atoms with Gasteiger partial charge in [-0.2, -0.15) is 11.8 Å². The van der Waals surface area contributed by atoms with Crippen LogP contribution in [-0.2, 0) is 6.54 Å². The molecule has 0 saturated carbocycles. The molecule has 25 heavy (non-hydrogen) atoms. The monoisotopic (exact) mass is 383 g/mol. The Kier molecular flexibility index (Phi) is 8.03. The summed E-state index contributed by atoms with van der Waals surface area (Å²) >= 11 is 3.62. The van der Waals surface area contributed by atoms with Crippen molar-refractivity contribution in [2.45, 2.75) is 44.9 Å². The van der Waals surface area contributed by atoms with Crippen molar-refractivity contribution in [2.75, 3.05) is 39.5 Å². The summed E-state index contributed by atoms with van der Waals surface area (Å²) in [5, 5.41) is 10.3. The van der Waals surface area contributed by atoms with Gasteiger partial charge in [0.2, 0.25) is 0 Å². The molecule has 142 valence electrons. The molecule has 0 aromatic carbocycles. The van der Waals surface area contributed by atoms with Crippen molar-refractivity contribution in [1.29, 1.82) is 0 Å². The van der Waals surface area contributed by atoms with Gasteiger partial charge in [-0.05, 0) is 58.9 Å². The maximum atomic E-state index is 4.58. The molecule has 1 saturated heterocycles. The van der Waals surface area contributed by atoms with E-state index in [0.29, 0.717) is 0 Å². The van der Waals surface area contributed by atoms with Crippen LogP contribution in [0.3, 0.4) is 0 Å². The van der Waals surface area contributed by atoms with E-state index < -0.39 is 0 Å². The number of guanidine groups is 1. The zero-order valence-corrected chi connectivity index (χ0v) is 17.9. The molecule has 0 unspecified atom stereocenters. The number of thioether (sulfide) groups is 1. The summed E-state index contributed by atoms with van der Waals surface area (Å²) in [6.07, 6.45) is 4.63. The summed E-state index contributed by atoms with van der Waals surface area (Å²) in [4.78, 5) is 11.5. The Labute approximate surface area is 161 Å². The number of rotatable bonds is 7. The first-order valence-corrected chi connectivity index (χ1v) is 11.2. The van der Waals surface area contributed by atoms with Gasteiger partial charge in [-0.3, -0.25) is 9.89 Å². The van der Waals surface area contributed by atoms with Gasteiger partial charge in [0.15, 0.2) is 5.96 Å². The second-order valence-electron chi connectivity index (χ2n) is 7.35. The molecule has 1 fully saturated rings. The van der Waals surface area contributed by atoms with Crippen LogP contribution in [0.25, 0.3) is 0 Å². The maximum Gasteiger partial charge on any atom is 0.191 e. The Morgan fingerprint density at radius 2 is 2.12 bits per heavy atom. The Hall–Kier alpha value is -0.790. The highest BCUT2D eigenvalue weighted by atomic mass is 32.2. The standard InChI is InChI=1S/C18H33N5S2/c1-14-22-16(12-25-14)11-23-8-6-15(7-9-23)10-20-17(19-4)21-13-18(2,3)24-5/h12,15H,6-11,13H2,1-5H3,(H2,19,20,21). The number of nitrogens with zero attached hydrogens (tertiary/aromatic N) is 3. The largest absolute Gasteiger partial charge is 0.356 e. The third-order valence-electron chi connectivity index (χ3n) is 4.78. The third-order valence-corrected chi connectivity index (χ3v) is 6.85. The molecule has 1 aliphatic heterocycles. The van der Waals surface area contributed by atoms with Crippen molar-refractivity contribution >= 4 is 29.1 Å². The number of hydrogen-bond acceptors (Lipinski definition) is 5. The van der Waals surface area contributed by atoms with Crippen LogP contribution in [0, 0.1) is 12.8 Å². The minimum atomic E-state index is 0.219. The number of thiazole rings is 1. The van der Waals surface area contributed by atoms with E-state index in [2.05, 4.69) is 57.9 Å². The smallest absolute Gasteiger partial charge is 0.191 e. The van der Waals surface area contributed by atoms with Gasteiger partial charge in [-0.15, -0.1) is 11.3 Å². The summed E-state index contributed by atoms with van der Waals surface area (Å²) in [5.74, 6) is 1.64. The van der Waals surface area contributed by atoms with Crippen LogP contribution in [0.1, 0.15) is 37.4 Å². The van der Waals surface area contributed by atoms with E-state index in [4.69, 9.17) is 0 Å². The van der Waals surface area contributed by atoms with E-state index in [-0.39, 0.29) is 4.75 Å². The van der Waals surface area contributed by atoms with Crippen LogP contribution >= 0.6 is 23.1 Å². The summed E-state index contributed by atoms with van der Waals surface area (Å²) in [5.41, 5.74) is 1.22. The minimum absolute atomic E-state index is 0.219. The predicted octanol–water partition coefficient (Wildman–Crippen LogP) is 2.97. The van der Waals surface area contributed by atoms with Crippen molar-refractivity contribution in [2.24, 2.45) is 10.9 Å². The van der Waals surface area contributed by atoms with E-state index in [1.165, 1.54) is 18.5 Å². The number of likely N-dealkylation sites (tertiary alicyclic amines) is 1. The minimum Gasteiger partial charge on any atom is -0.356 e. The van der Waals surface area contributed by atoms with Gasteiger partial charge in [-0.1, -0.05) is 0 Å². The molecule has 0 aliphatic carbocycles. The Bertz CT molecular complexity index is 547. The average molecular weight is 384 g/mol. The highest BCUT2D eigenvalue weighted by Crippen LogP contribution is 2.20. The second kappa shape index (κ2) is 9.78. The van der Waals surface area contributed by atoms with Crippen LogP contribution in [-0.4, -0.2) is 60.1 Å². The van der Waals surface area contributed by atoms with Crippen LogP contribution in [0.4, 0.5) is 0 Å². The van der Waals surface area contributed by atoms with Gasteiger partial charge in [0.25, 0.3) is 0 Å². The van der Waals surface area contributed by atoms with Gasteiger partial charge in [0.05, 0.1) is 10.7 Å². The van der Waals surface area contributed by atoms with E-state index in [1.807, 2.05) is 18.8 Å². The first-order valence-electron chi connectivity index (χ1n) is 9.05. The Morgan fingerprint density at radius 3 is 2.68 bits per heavy atom. The topological polar surface area (TPSA) is 52.6 Å². The van der Waals surface area contributed by atoms with Crippen molar-refractivity contribution < 1.29 is 0 Å². The molecule has 0 amide bonds. The fourth-order valence-corrected chi connectivity index (χ4v) is 3.71. The fraction of sp³-hybridized carbons (Fsp3) is 0.778. The average Bonchev–Trinajstić information content (AvgIpc) is 3.01. The van der Waals surface area contributed by atoms with Crippen LogP contribution in [0.5, 0.6) is 0 Å². The third kappa shape index (κ3) is 7.15. The van der Waals surface area contributed by atoms with E-state index in [1.54, 1.807) is 11.3 Å². The number of piperidine rings is 1. The number of aryl methyl sites for hydroxylation is 1. The van der Waals surface area contributed by atoms with Crippen molar-refractivity contribution in [3.63, 3.8) is 0 Å². The van der Waals surface area contributed by atoms with Gasteiger partial charge >= 0.3 is 0 Å². The normalized spacial score (nSPS) is 17.7. The van der Waals surface area contributed by atoms with Crippen molar-refractivity contribution in [3.8, 4) is 0 Å². The lowest BCUT2D eigenvalue weighted by atomic mass is 9.97. The fourth-order valence-electron chi connectivity index (χ4n) is 2.89. The molecule has 0 atom stereocenters. The molecule has 1 aliphatic rings. The molecular formula is C18H33N5S2. The van der Waals surface area contributed by atoms with Gasteiger partial charge in [0.1, 0.15) is 0 Å². The SMILES string of the molecule is CN=C(NCC1CCN(Cc2csc(C)n2)CC1)NCC(C)(C)SC. The second-order valence-corrected chi connectivity index (χ2v) is 9.92. The highest BCUT2D eigenvalue weighted by Gasteiger charge is 2.21. The van der Waals surface area contributed by atoms with Gasteiger partial charge < -0.3 is 10.6 Å². The van der Waals surface area contributed by atoms with E-state index >= 15 is 0 Å². The van der Waals surface area contributed by atoms with Crippen molar-refractivity contribution in [1.82, 2.24) is 20.5 Å². The summed E-state index contributed by atoms with van der Waals surface area (Å²) in [6.45, 7) is 11.8. The van der Waals surface area contributed by atoms with Gasteiger partial charge in [-0.25, -0.2) is 4.98 Å². The van der Waals surface area contributed by atoms with Crippen LogP contribution in [0.2, 0.25) is 0 Å². The summed E-state index contributed by atoms with van der Waals surface area (Å²) in [6, 6.07) is 0. The van der Waals surface area contributed by atoms with Crippen LogP contribution < -0.4 is 10.6 Å². The maximum absolute atomic E-state index is 4.58. The molecule has 2 heterocycles. The van der Waals surface area contributed by atoms with Crippen molar-refractivity contribution in [3.05, 3.63) is 16.1 Å². The zero-order chi connectivity index (χ0) is 18.3. The lowest BCUT2D eigenvalue weighted by molar-refractivity contribution is 0.176. The first kappa shape index (κ1) is 20.5. The Morgan fingerprint density at radius 1 is 1.40 bits per heavy atom. The van der Waals surface area contributed by atoms with E-state index in [9.17, 15) is 0 Å². The molecule has 0 spiro atoms. The number of aliphatic imine (C=N–C) groups is 1. The lowest BCUT2D eigenvalue weighted by Gasteiger charge is -2.32. The molecule has 0 radical (unpaired) electrons. The molecule has 1 aromatic rings.